The third-order valence-electron chi connectivity index (χ3n) is 4.01. The lowest BCUT2D eigenvalue weighted by molar-refractivity contribution is 0.206. The van der Waals surface area contributed by atoms with E-state index >= 15 is 0 Å². The predicted molar refractivity (Wildman–Crippen MR) is 86.8 cm³/mol. The monoisotopic (exact) mass is 285 g/mol. The maximum absolute atomic E-state index is 5.16. The molecule has 0 radical (unpaired) electrons. The molecule has 1 aliphatic rings. The highest BCUT2D eigenvalue weighted by molar-refractivity contribution is 5.94. The first kappa shape index (κ1) is 14.3. The second kappa shape index (κ2) is 6.41. The van der Waals surface area contributed by atoms with Gasteiger partial charge in [-0.15, -0.1) is 0 Å². The van der Waals surface area contributed by atoms with Crippen LogP contribution in [0.25, 0.3) is 10.8 Å². The number of rotatable bonds is 7. The van der Waals surface area contributed by atoms with Crippen molar-refractivity contribution in [1.82, 2.24) is 10.3 Å². The molecule has 3 rings (SSSR count). The third kappa shape index (κ3) is 3.34. The molecular formula is C17H23N3O. The number of hydrogen-bond donors (Lipinski definition) is 1. The molecule has 1 saturated carbocycles. The number of benzene rings is 1. The van der Waals surface area contributed by atoms with Gasteiger partial charge in [0.2, 0.25) is 0 Å². The van der Waals surface area contributed by atoms with E-state index in [1.807, 2.05) is 6.20 Å². The Morgan fingerprint density at radius 3 is 2.76 bits per heavy atom. The summed E-state index contributed by atoms with van der Waals surface area (Å²) in [7, 11) is 3.79. The van der Waals surface area contributed by atoms with Crippen molar-refractivity contribution >= 4 is 16.6 Å². The fourth-order valence-electron chi connectivity index (χ4n) is 2.56. The van der Waals surface area contributed by atoms with Gasteiger partial charge < -0.3 is 15.0 Å². The molecular weight excluding hydrogens is 262 g/mol. The third-order valence-corrected chi connectivity index (χ3v) is 4.01. The van der Waals surface area contributed by atoms with E-state index in [1.165, 1.54) is 29.2 Å². The molecule has 1 fully saturated rings. The molecule has 1 N–H and O–H groups in total. The zero-order chi connectivity index (χ0) is 14.7. The summed E-state index contributed by atoms with van der Waals surface area (Å²) in [6.45, 7) is 2.45. The van der Waals surface area contributed by atoms with Crippen LogP contribution < -0.4 is 10.2 Å². The van der Waals surface area contributed by atoms with E-state index in [0.29, 0.717) is 12.6 Å². The van der Waals surface area contributed by atoms with Crippen LogP contribution in [0.3, 0.4) is 0 Å². The number of nitrogens with zero attached hydrogens (tertiary/aromatic N) is 2. The fraction of sp³-hybridized carbons (Fsp3) is 0.471. The predicted octanol–water partition coefficient (Wildman–Crippen LogP) is 2.57. The number of likely N-dealkylation sites (N-methyl/N-ethyl adjacent to an activating group) is 1. The number of anilines is 1. The van der Waals surface area contributed by atoms with Crippen molar-refractivity contribution in [2.75, 3.05) is 32.2 Å². The molecule has 4 nitrogen and oxygen atoms in total. The Kier molecular flexibility index (Phi) is 4.36. The molecule has 112 valence electrons. The van der Waals surface area contributed by atoms with Crippen molar-refractivity contribution in [3.05, 3.63) is 36.0 Å². The normalized spacial score (nSPS) is 14.6. The number of aromatic nitrogens is 1. The van der Waals surface area contributed by atoms with Crippen LogP contribution in [-0.2, 0) is 11.3 Å². The summed E-state index contributed by atoms with van der Waals surface area (Å²) in [4.78, 5) is 6.85. The minimum absolute atomic E-state index is 0.706. The molecule has 0 spiro atoms. The SMILES string of the molecule is COCCN(C)c1ncc(CNC2CC2)c2ccccc12. The summed E-state index contributed by atoms with van der Waals surface area (Å²) in [6, 6.07) is 9.24. The average molecular weight is 285 g/mol. The first-order chi connectivity index (χ1) is 10.3. The van der Waals surface area contributed by atoms with Gasteiger partial charge in [-0.1, -0.05) is 24.3 Å². The molecule has 1 aliphatic carbocycles. The molecule has 0 aliphatic heterocycles. The minimum Gasteiger partial charge on any atom is -0.383 e. The lowest BCUT2D eigenvalue weighted by Crippen LogP contribution is -2.23. The van der Waals surface area contributed by atoms with Gasteiger partial charge in [0, 0.05) is 44.9 Å². The van der Waals surface area contributed by atoms with Crippen LogP contribution in [0, 0.1) is 0 Å². The van der Waals surface area contributed by atoms with Crippen LogP contribution in [0.4, 0.5) is 5.82 Å². The number of hydrogen-bond acceptors (Lipinski definition) is 4. The molecule has 4 heteroatoms. The first-order valence-corrected chi connectivity index (χ1v) is 7.59. The highest BCUT2D eigenvalue weighted by atomic mass is 16.5. The standard InChI is InChI=1S/C17H23N3O/c1-20(9-10-21-2)17-16-6-4-3-5-15(16)13(12-19-17)11-18-14-7-8-14/h3-6,12,14,18H,7-11H2,1-2H3. The number of methoxy groups -OCH3 is 1. The van der Waals surface area contributed by atoms with Gasteiger partial charge in [-0.25, -0.2) is 4.98 Å². The molecule has 2 aromatic rings. The zero-order valence-corrected chi connectivity index (χ0v) is 12.8. The molecule has 0 unspecified atom stereocenters. The van der Waals surface area contributed by atoms with Gasteiger partial charge in [0.1, 0.15) is 5.82 Å². The maximum atomic E-state index is 5.16. The quantitative estimate of drug-likeness (QED) is 0.848. The molecule has 1 aromatic heterocycles. The van der Waals surface area contributed by atoms with E-state index in [0.717, 1.165) is 18.9 Å². The summed E-state index contributed by atoms with van der Waals surface area (Å²) in [6.07, 6.45) is 4.63. The lowest BCUT2D eigenvalue weighted by Gasteiger charge is -2.20. The highest BCUT2D eigenvalue weighted by Gasteiger charge is 2.20. The molecule has 0 amide bonds. The molecule has 0 atom stereocenters. The molecule has 21 heavy (non-hydrogen) atoms. The number of ether oxygens (including phenoxy) is 1. The summed E-state index contributed by atoms with van der Waals surface area (Å²) in [5.41, 5.74) is 1.28. The van der Waals surface area contributed by atoms with Crippen molar-refractivity contribution in [3.8, 4) is 0 Å². The van der Waals surface area contributed by atoms with Gasteiger partial charge in [-0.05, 0) is 23.8 Å². The highest BCUT2D eigenvalue weighted by Crippen LogP contribution is 2.27. The van der Waals surface area contributed by atoms with E-state index < -0.39 is 0 Å². The Hall–Kier alpha value is -1.65. The Bertz CT molecular complexity index is 610. The summed E-state index contributed by atoms with van der Waals surface area (Å²) in [5, 5.41) is 6.08. The van der Waals surface area contributed by atoms with Crippen LogP contribution in [-0.4, -0.2) is 38.3 Å². The average Bonchev–Trinajstić information content (AvgIpc) is 3.34. The van der Waals surface area contributed by atoms with E-state index in [2.05, 4.69) is 46.5 Å². The number of nitrogens with one attached hydrogen (secondary N) is 1. The molecule has 1 aromatic carbocycles. The largest absolute Gasteiger partial charge is 0.383 e. The number of fused-ring (bicyclic) bond motifs is 1. The van der Waals surface area contributed by atoms with Crippen molar-refractivity contribution in [2.45, 2.75) is 25.4 Å². The Morgan fingerprint density at radius 1 is 1.29 bits per heavy atom. The van der Waals surface area contributed by atoms with Crippen LogP contribution in [0.5, 0.6) is 0 Å². The summed E-state index contributed by atoms with van der Waals surface area (Å²) in [5.74, 6) is 1.03. The maximum Gasteiger partial charge on any atom is 0.136 e. The first-order valence-electron chi connectivity index (χ1n) is 7.59. The Labute approximate surface area is 126 Å². The topological polar surface area (TPSA) is 37.4 Å². The van der Waals surface area contributed by atoms with Gasteiger partial charge in [0.25, 0.3) is 0 Å². The summed E-state index contributed by atoms with van der Waals surface area (Å²) >= 11 is 0. The van der Waals surface area contributed by atoms with Crippen LogP contribution >= 0.6 is 0 Å². The second-order valence-corrected chi connectivity index (χ2v) is 5.72. The fourth-order valence-corrected chi connectivity index (χ4v) is 2.56. The van der Waals surface area contributed by atoms with Gasteiger partial charge in [-0.2, -0.15) is 0 Å². The number of pyridine rings is 1. The molecule has 0 saturated heterocycles. The molecule has 1 heterocycles. The minimum atomic E-state index is 0.706. The van der Waals surface area contributed by atoms with Crippen molar-refractivity contribution in [3.63, 3.8) is 0 Å². The Balaban J connectivity index is 1.89. The molecule has 0 bridgehead atoms. The van der Waals surface area contributed by atoms with Crippen LogP contribution in [0.2, 0.25) is 0 Å². The van der Waals surface area contributed by atoms with Crippen LogP contribution in [0.1, 0.15) is 18.4 Å². The van der Waals surface area contributed by atoms with E-state index in [4.69, 9.17) is 4.74 Å². The van der Waals surface area contributed by atoms with Gasteiger partial charge in [-0.3, -0.25) is 0 Å². The van der Waals surface area contributed by atoms with E-state index in [1.54, 1.807) is 7.11 Å². The van der Waals surface area contributed by atoms with Gasteiger partial charge >= 0.3 is 0 Å². The van der Waals surface area contributed by atoms with Gasteiger partial charge in [0.05, 0.1) is 6.61 Å². The van der Waals surface area contributed by atoms with E-state index in [-0.39, 0.29) is 0 Å². The smallest absolute Gasteiger partial charge is 0.136 e. The van der Waals surface area contributed by atoms with Crippen molar-refractivity contribution < 1.29 is 4.74 Å². The van der Waals surface area contributed by atoms with Gasteiger partial charge in [0.15, 0.2) is 0 Å². The van der Waals surface area contributed by atoms with Crippen molar-refractivity contribution in [1.29, 1.82) is 0 Å². The summed E-state index contributed by atoms with van der Waals surface area (Å²) < 4.78 is 5.16. The lowest BCUT2D eigenvalue weighted by atomic mass is 10.1. The second-order valence-electron chi connectivity index (χ2n) is 5.72. The Morgan fingerprint density at radius 2 is 2.05 bits per heavy atom. The van der Waals surface area contributed by atoms with Crippen molar-refractivity contribution in [2.24, 2.45) is 0 Å². The van der Waals surface area contributed by atoms with Crippen LogP contribution in [0.15, 0.2) is 30.5 Å². The zero-order valence-electron chi connectivity index (χ0n) is 12.8. The van der Waals surface area contributed by atoms with E-state index in [9.17, 15) is 0 Å².